The van der Waals surface area contributed by atoms with Crippen LogP contribution in [0.25, 0.3) is 5.65 Å². The highest BCUT2D eigenvalue weighted by Gasteiger charge is 2.25. The molecule has 0 saturated carbocycles. The van der Waals surface area contributed by atoms with Gasteiger partial charge in [0.05, 0.1) is 24.3 Å². The highest BCUT2D eigenvalue weighted by Crippen LogP contribution is 2.32. The van der Waals surface area contributed by atoms with E-state index in [2.05, 4.69) is 11.1 Å². The van der Waals surface area contributed by atoms with Crippen molar-refractivity contribution in [2.24, 2.45) is 0 Å². The number of aromatic nitrogens is 2. The van der Waals surface area contributed by atoms with Crippen LogP contribution in [-0.4, -0.2) is 27.7 Å². The van der Waals surface area contributed by atoms with E-state index in [1.807, 2.05) is 30.5 Å². The van der Waals surface area contributed by atoms with E-state index in [-0.39, 0.29) is 13.2 Å². The van der Waals surface area contributed by atoms with Crippen LogP contribution in [0.3, 0.4) is 0 Å². The summed E-state index contributed by atoms with van der Waals surface area (Å²) in [7, 11) is 0. The second-order valence-corrected chi connectivity index (χ2v) is 4.55. The van der Waals surface area contributed by atoms with Crippen LogP contribution in [0.2, 0.25) is 0 Å². The molecule has 0 saturated heterocycles. The topological polar surface area (TPSA) is 70.6 Å². The van der Waals surface area contributed by atoms with Gasteiger partial charge in [-0.05, 0) is 19.9 Å². The van der Waals surface area contributed by atoms with Crippen molar-refractivity contribution < 1.29 is 9.84 Å². The standard InChI is InChI=1S/C13H15N3O2/c1-13(2,9-14)10-7-12-15-3-4-16(12)8-11(10)18-6-5-17/h3-4,7-8,17H,5-6H2,1-2H3. The minimum atomic E-state index is -0.668. The molecular formula is C13H15N3O2. The van der Waals surface area contributed by atoms with E-state index in [0.717, 1.165) is 11.2 Å². The molecule has 0 aliphatic carbocycles. The maximum absolute atomic E-state index is 9.24. The highest BCUT2D eigenvalue weighted by atomic mass is 16.5. The molecule has 2 aromatic rings. The molecule has 0 aliphatic rings. The van der Waals surface area contributed by atoms with Crippen molar-refractivity contribution in [1.29, 1.82) is 5.26 Å². The molecule has 0 unspecified atom stereocenters. The van der Waals surface area contributed by atoms with Gasteiger partial charge in [-0.25, -0.2) is 4.98 Å². The third-order valence-electron chi connectivity index (χ3n) is 2.80. The lowest BCUT2D eigenvalue weighted by atomic mass is 9.86. The van der Waals surface area contributed by atoms with Gasteiger partial charge in [-0.1, -0.05) is 0 Å². The molecule has 0 bridgehead atoms. The van der Waals surface area contributed by atoms with Crippen LogP contribution in [0, 0.1) is 11.3 Å². The van der Waals surface area contributed by atoms with Crippen molar-refractivity contribution in [3.05, 3.63) is 30.2 Å². The average Bonchev–Trinajstić information content (AvgIpc) is 2.82. The number of nitrogens with zero attached hydrogens (tertiary/aromatic N) is 3. The van der Waals surface area contributed by atoms with Crippen LogP contribution in [0.4, 0.5) is 0 Å². The average molecular weight is 245 g/mol. The molecule has 2 heterocycles. The lowest BCUT2D eigenvalue weighted by Gasteiger charge is -2.20. The summed E-state index contributed by atoms with van der Waals surface area (Å²) in [6, 6.07) is 4.09. The smallest absolute Gasteiger partial charge is 0.140 e. The van der Waals surface area contributed by atoms with E-state index in [0.29, 0.717) is 5.75 Å². The number of rotatable bonds is 4. The van der Waals surface area contributed by atoms with Crippen molar-refractivity contribution in [2.45, 2.75) is 19.3 Å². The Hall–Kier alpha value is -2.06. The van der Waals surface area contributed by atoms with Gasteiger partial charge < -0.3 is 14.2 Å². The summed E-state index contributed by atoms with van der Waals surface area (Å²) in [5.74, 6) is 0.598. The first kappa shape index (κ1) is 12.4. The molecule has 5 heteroatoms. The van der Waals surface area contributed by atoms with Gasteiger partial charge in [-0.3, -0.25) is 0 Å². The number of hydrogen-bond donors (Lipinski definition) is 1. The van der Waals surface area contributed by atoms with Crippen molar-refractivity contribution in [1.82, 2.24) is 9.38 Å². The predicted octanol–water partition coefficient (Wildman–Crippen LogP) is 1.51. The molecule has 18 heavy (non-hydrogen) atoms. The summed E-state index contributed by atoms with van der Waals surface area (Å²) in [6.07, 6.45) is 5.28. The first-order valence-corrected chi connectivity index (χ1v) is 5.70. The SMILES string of the molecule is CC(C)(C#N)c1cc2nccn2cc1OCCO. The predicted molar refractivity (Wildman–Crippen MR) is 66.4 cm³/mol. The summed E-state index contributed by atoms with van der Waals surface area (Å²) >= 11 is 0. The van der Waals surface area contributed by atoms with Gasteiger partial charge in [0.25, 0.3) is 0 Å². The minimum Gasteiger partial charge on any atom is -0.489 e. The number of ether oxygens (including phenoxy) is 1. The zero-order valence-corrected chi connectivity index (χ0v) is 10.4. The molecule has 0 spiro atoms. The molecule has 2 rings (SSSR count). The maximum atomic E-state index is 9.24. The second kappa shape index (κ2) is 4.67. The maximum Gasteiger partial charge on any atom is 0.140 e. The Morgan fingerprint density at radius 1 is 1.56 bits per heavy atom. The van der Waals surface area contributed by atoms with Crippen molar-refractivity contribution in [3.8, 4) is 11.8 Å². The van der Waals surface area contributed by atoms with Gasteiger partial charge in [0.1, 0.15) is 18.0 Å². The zero-order chi connectivity index (χ0) is 13.2. The summed E-state index contributed by atoms with van der Waals surface area (Å²) < 4.78 is 7.33. The zero-order valence-electron chi connectivity index (χ0n) is 10.4. The van der Waals surface area contributed by atoms with Crippen molar-refractivity contribution in [2.75, 3.05) is 13.2 Å². The summed E-state index contributed by atoms with van der Waals surface area (Å²) in [5, 5.41) is 18.1. The van der Waals surface area contributed by atoms with Crippen molar-refractivity contribution in [3.63, 3.8) is 0 Å². The van der Waals surface area contributed by atoms with Gasteiger partial charge in [-0.2, -0.15) is 5.26 Å². The van der Waals surface area contributed by atoms with Crippen LogP contribution in [-0.2, 0) is 5.41 Å². The van der Waals surface area contributed by atoms with Gasteiger partial charge in [-0.15, -0.1) is 0 Å². The molecule has 0 aliphatic heterocycles. The fraction of sp³-hybridized carbons (Fsp3) is 0.385. The normalized spacial score (nSPS) is 11.4. The number of hydrogen-bond acceptors (Lipinski definition) is 4. The molecule has 94 valence electrons. The molecule has 0 radical (unpaired) electrons. The Morgan fingerprint density at radius 3 is 3.00 bits per heavy atom. The Kier molecular flexibility index (Phi) is 3.21. The number of imidazole rings is 1. The van der Waals surface area contributed by atoms with E-state index in [1.165, 1.54) is 0 Å². The Labute approximate surface area is 105 Å². The van der Waals surface area contributed by atoms with Gasteiger partial charge in [0.2, 0.25) is 0 Å². The van der Waals surface area contributed by atoms with Crippen LogP contribution in [0.5, 0.6) is 5.75 Å². The Balaban J connectivity index is 2.56. The molecule has 0 fully saturated rings. The van der Waals surface area contributed by atoms with Crippen LogP contribution in [0.15, 0.2) is 24.7 Å². The van der Waals surface area contributed by atoms with Crippen LogP contribution in [0.1, 0.15) is 19.4 Å². The molecule has 0 atom stereocenters. The molecule has 1 N–H and O–H groups in total. The summed E-state index contributed by atoms with van der Waals surface area (Å²) in [6.45, 7) is 3.80. The first-order chi connectivity index (χ1) is 8.58. The van der Waals surface area contributed by atoms with Crippen molar-refractivity contribution >= 4 is 5.65 Å². The van der Waals surface area contributed by atoms with Crippen LogP contribution >= 0.6 is 0 Å². The lowest BCUT2D eigenvalue weighted by Crippen LogP contribution is -2.17. The van der Waals surface area contributed by atoms with Gasteiger partial charge >= 0.3 is 0 Å². The fourth-order valence-electron chi connectivity index (χ4n) is 1.76. The van der Waals surface area contributed by atoms with Gasteiger partial charge in [0, 0.05) is 18.0 Å². The summed E-state index contributed by atoms with van der Waals surface area (Å²) in [4.78, 5) is 4.20. The van der Waals surface area contributed by atoms with E-state index in [1.54, 1.807) is 12.4 Å². The quantitative estimate of drug-likeness (QED) is 0.886. The number of pyridine rings is 1. The number of nitriles is 1. The molecule has 0 aromatic carbocycles. The molecule has 2 aromatic heterocycles. The fourth-order valence-corrected chi connectivity index (χ4v) is 1.76. The molecule has 5 nitrogen and oxygen atoms in total. The number of aliphatic hydroxyl groups is 1. The van der Waals surface area contributed by atoms with E-state index < -0.39 is 5.41 Å². The van der Waals surface area contributed by atoms with Crippen LogP contribution < -0.4 is 4.74 Å². The molecular weight excluding hydrogens is 230 g/mol. The number of fused-ring (bicyclic) bond motifs is 1. The second-order valence-electron chi connectivity index (χ2n) is 4.55. The van der Waals surface area contributed by atoms with E-state index >= 15 is 0 Å². The monoisotopic (exact) mass is 245 g/mol. The first-order valence-electron chi connectivity index (χ1n) is 5.70. The third kappa shape index (κ3) is 2.15. The third-order valence-corrected chi connectivity index (χ3v) is 2.80. The summed E-state index contributed by atoms with van der Waals surface area (Å²) in [5.41, 5.74) is 0.875. The molecule has 0 amide bonds. The highest BCUT2D eigenvalue weighted by molar-refractivity contribution is 5.52. The lowest BCUT2D eigenvalue weighted by molar-refractivity contribution is 0.199. The number of aliphatic hydroxyl groups excluding tert-OH is 1. The van der Waals surface area contributed by atoms with E-state index in [4.69, 9.17) is 9.84 Å². The Morgan fingerprint density at radius 2 is 2.33 bits per heavy atom. The van der Waals surface area contributed by atoms with Gasteiger partial charge in [0.15, 0.2) is 0 Å². The minimum absolute atomic E-state index is 0.0611. The largest absolute Gasteiger partial charge is 0.489 e. The van der Waals surface area contributed by atoms with E-state index in [9.17, 15) is 5.26 Å². The Bertz CT molecular complexity index is 596.